The lowest BCUT2D eigenvalue weighted by Gasteiger charge is -2.31. The van der Waals surface area contributed by atoms with Gasteiger partial charge in [0.15, 0.2) is 0 Å². The van der Waals surface area contributed by atoms with Crippen molar-refractivity contribution in [2.45, 2.75) is 25.7 Å². The van der Waals surface area contributed by atoms with E-state index in [4.69, 9.17) is 0 Å². The Kier molecular flexibility index (Phi) is 6.05. The van der Waals surface area contributed by atoms with Crippen LogP contribution in [0, 0.1) is 20.8 Å². The zero-order valence-electron chi connectivity index (χ0n) is 18.3. The van der Waals surface area contributed by atoms with Crippen molar-refractivity contribution in [3.05, 3.63) is 114 Å². The van der Waals surface area contributed by atoms with Gasteiger partial charge in [0.25, 0.3) is 0 Å². The van der Waals surface area contributed by atoms with E-state index in [0.29, 0.717) is 5.30 Å². The van der Waals surface area contributed by atoms with E-state index in [2.05, 4.69) is 12.1 Å². The van der Waals surface area contributed by atoms with E-state index in [1.165, 1.54) is 6.07 Å². The molecule has 0 spiro atoms. The second-order valence-electron chi connectivity index (χ2n) is 8.00. The molecule has 0 saturated carbocycles. The van der Waals surface area contributed by atoms with Crippen LogP contribution in [-0.4, -0.2) is 13.0 Å². The summed E-state index contributed by atoms with van der Waals surface area (Å²) in [7, 11) is -7.42. The summed E-state index contributed by atoms with van der Waals surface area (Å²) >= 11 is 0. The van der Waals surface area contributed by atoms with E-state index in [1.807, 2.05) is 99.6 Å². The lowest BCUT2D eigenvalue weighted by molar-refractivity contribution is 0.463. The van der Waals surface area contributed by atoms with Crippen LogP contribution in [0.3, 0.4) is 0 Å². The molecule has 0 heterocycles. The molecule has 0 aliphatic heterocycles. The Morgan fingerprint density at radius 2 is 1.12 bits per heavy atom. The number of hydrogen-bond acceptors (Lipinski definition) is 3. The van der Waals surface area contributed by atoms with E-state index in [0.717, 1.165) is 32.6 Å². The first-order valence-electron chi connectivity index (χ1n) is 10.4. The first kappa shape index (κ1) is 22.4. The molecule has 0 aliphatic carbocycles. The third-order valence-electron chi connectivity index (χ3n) is 5.84. The minimum atomic E-state index is -4.71. The quantitative estimate of drug-likeness (QED) is 0.332. The van der Waals surface area contributed by atoms with Crippen molar-refractivity contribution >= 4 is 38.6 Å². The standard InChI is InChI=1S/C27H25O3PS/c1-20-17-18-26(27(19-20)32(28,29)30)31(23-13-5-4-6-14-23,24-15-9-7-11-21(24)2)25-16-10-8-12-22(25)3/h4-19H,1-3H3. The Balaban J connectivity index is 2.31. The van der Waals surface area contributed by atoms with Crippen LogP contribution in [0.2, 0.25) is 0 Å². The highest BCUT2D eigenvalue weighted by Gasteiger charge is 2.51. The molecule has 5 heteroatoms. The SMILES string of the molecule is Cc1ccc([P+](c2ccccc2)(c2ccccc2C)c2ccccc2C)c(S(=O)(=O)[O-])c1. The van der Waals surface area contributed by atoms with Gasteiger partial charge in [-0.15, -0.1) is 0 Å². The zero-order valence-corrected chi connectivity index (χ0v) is 20.0. The molecule has 0 radical (unpaired) electrons. The van der Waals surface area contributed by atoms with Crippen molar-refractivity contribution in [3.8, 4) is 0 Å². The average molecular weight is 461 g/mol. The molecule has 4 rings (SSSR count). The van der Waals surface area contributed by atoms with Crippen molar-refractivity contribution < 1.29 is 13.0 Å². The lowest BCUT2D eigenvalue weighted by atomic mass is 10.2. The summed E-state index contributed by atoms with van der Waals surface area (Å²) in [6.07, 6.45) is 0. The maximum Gasteiger partial charge on any atom is 0.146 e. The first-order valence-corrected chi connectivity index (χ1v) is 13.6. The van der Waals surface area contributed by atoms with Gasteiger partial charge in [-0.2, -0.15) is 0 Å². The van der Waals surface area contributed by atoms with Crippen LogP contribution < -0.4 is 21.2 Å². The molecule has 162 valence electrons. The Hall–Kier alpha value is -2.78. The summed E-state index contributed by atoms with van der Waals surface area (Å²) in [5.74, 6) is 0. The highest BCUT2D eigenvalue weighted by molar-refractivity contribution is 8.02. The number of hydrogen-bond donors (Lipinski definition) is 0. The van der Waals surface area contributed by atoms with Gasteiger partial charge in [-0.3, -0.25) is 0 Å². The lowest BCUT2D eigenvalue weighted by Crippen LogP contribution is -2.42. The molecule has 4 aromatic carbocycles. The smallest absolute Gasteiger partial charge is 0.146 e. The first-order chi connectivity index (χ1) is 15.3. The Labute approximate surface area is 190 Å². The summed E-state index contributed by atoms with van der Waals surface area (Å²) in [6, 6.07) is 31.4. The van der Waals surface area contributed by atoms with Gasteiger partial charge in [-0.05, 0) is 73.9 Å². The maximum absolute atomic E-state index is 12.6. The van der Waals surface area contributed by atoms with Crippen LogP contribution >= 0.6 is 7.26 Å². The van der Waals surface area contributed by atoms with Crippen molar-refractivity contribution in [1.29, 1.82) is 0 Å². The highest BCUT2D eigenvalue weighted by Crippen LogP contribution is 2.56. The fraction of sp³-hybridized carbons (Fsp3) is 0.111. The third-order valence-corrected chi connectivity index (χ3v) is 11.5. The van der Waals surface area contributed by atoms with Gasteiger partial charge in [0.05, 0.1) is 4.90 Å². The van der Waals surface area contributed by atoms with Gasteiger partial charge < -0.3 is 4.55 Å². The Morgan fingerprint density at radius 1 is 0.625 bits per heavy atom. The maximum atomic E-state index is 12.6. The normalized spacial score (nSPS) is 12.0. The van der Waals surface area contributed by atoms with Crippen molar-refractivity contribution in [2.75, 3.05) is 0 Å². The van der Waals surface area contributed by atoms with Crippen LogP contribution in [0.15, 0.2) is 102 Å². The number of benzene rings is 4. The predicted octanol–water partition coefficient (Wildman–Crippen LogP) is 4.14. The van der Waals surface area contributed by atoms with Gasteiger partial charge in [0.1, 0.15) is 38.6 Å². The molecule has 4 aromatic rings. The minimum absolute atomic E-state index is 0.138. The third kappa shape index (κ3) is 3.80. The van der Waals surface area contributed by atoms with Gasteiger partial charge in [0.2, 0.25) is 0 Å². The second-order valence-corrected chi connectivity index (χ2v) is 12.7. The van der Waals surface area contributed by atoms with Gasteiger partial charge in [-0.1, -0.05) is 60.7 Å². The van der Waals surface area contributed by atoms with Crippen LogP contribution in [0.5, 0.6) is 0 Å². The molecular formula is C27H25O3PS. The van der Waals surface area contributed by atoms with Crippen molar-refractivity contribution in [2.24, 2.45) is 0 Å². The molecule has 0 aromatic heterocycles. The summed E-state index contributed by atoms with van der Waals surface area (Å²) in [5.41, 5.74) is 2.86. The largest absolute Gasteiger partial charge is 0.744 e. The number of aryl methyl sites for hydroxylation is 3. The summed E-state index contributed by atoms with van der Waals surface area (Å²) < 4.78 is 37.7. The van der Waals surface area contributed by atoms with Crippen molar-refractivity contribution in [1.82, 2.24) is 0 Å². The van der Waals surface area contributed by atoms with Crippen LogP contribution in [-0.2, 0) is 10.1 Å². The van der Waals surface area contributed by atoms with E-state index in [1.54, 1.807) is 0 Å². The summed E-state index contributed by atoms with van der Waals surface area (Å²) in [5, 5.41) is 3.69. The molecule has 0 saturated heterocycles. The average Bonchev–Trinajstić information content (AvgIpc) is 2.77. The monoisotopic (exact) mass is 460 g/mol. The molecule has 0 fully saturated rings. The summed E-state index contributed by atoms with van der Waals surface area (Å²) in [6.45, 7) is 5.90. The van der Waals surface area contributed by atoms with Crippen LogP contribution in [0.1, 0.15) is 16.7 Å². The molecular weight excluding hydrogens is 435 g/mol. The number of rotatable bonds is 5. The second kappa shape index (κ2) is 8.63. The topological polar surface area (TPSA) is 57.2 Å². The minimum Gasteiger partial charge on any atom is -0.744 e. The van der Waals surface area contributed by atoms with Gasteiger partial charge in [-0.25, -0.2) is 8.42 Å². The van der Waals surface area contributed by atoms with Crippen LogP contribution in [0.4, 0.5) is 0 Å². The molecule has 0 aliphatic rings. The fourth-order valence-corrected chi connectivity index (χ4v) is 10.6. The zero-order chi connectivity index (χ0) is 22.9. The molecule has 0 amide bonds. The Bertz CT molecular complexity index is 1330. The molecule has 0 atom stereocenters. The molecule has 0 bridgehead atoms. The van der Waals surface area contributed by atoms with Crippen LogP contribution in [0.25, 0.3) is 0 Å². The summed E-state index contributed by atoms with van der Waals surface area (Å²) in [4.78, 5) is -0.138. The van der Waals surface area contributed by atoms with Gasteiger partial charge >= 0.3 is 0 Å². The van der Waals surface area contributed by atoms with E-state index in [9.17, 15) is 13.0 Å². The van der Waals surface area contributed by atoms with Crippen molar-refractivity contribution in [3.63, 3.8) is 0 Å². The molecule has 32 heavy (non-hydrogen) atoms. The van der Waals surface area contributed by atoms with E-state index < -0.39 is 17.4 Å². The predicted molar refractivity (Wildman–Crippen MR) is 133 cm³/mol. The highest BCUT2D eigenvalue weighted by atomic mass is 32.2. The van der Waals surface area contributed by atoms with E-state index in [-0.39, 0.29) is 4.90 Å². The Morgan fingerprint density at radius 3 is 1.62 bits per heavy atom. The fourth-order valence-electron chi connectivity index (χ4n) is 4.44. The van der Waals surface area contributed by atoms with Gasteiger partial charge in [0, 0.05) is 0 Å². The molecule has 3 nitrogen and oxygen atoms in total. The molecule has 0 unspecified atom stereocenters. The molecule has 0 N–H and O–H groups in total. The van der Waals surface area contributed by atoms with E-state index >= 15 is 0 Å².